The van der Waals surface area contributed by atoms with Crippen LogP contribution in [0.15, 0.2) is 18.5 Å². The molecule has 0 saturated carbocycles. The SMILES string of the molecule is COc1cnccc1CNC(=O)C[C@@H]1CNC[C@H]1O. The number of carbonyl (C=O) groups is 1. The maximum Gasteiger partial charge on any atom is 0.220 e. The van der Waals surface area contributed by atoms with Gasteiger partial charge < -0.3 is 20.5 Å². The van der Waals surface area contributed by atoms with Crippen LogP contribution in [0.4, 0.5) is 0 Å². The number of hydrogen-bond donors (Lipinski definition) is 3. The Balaban J connectivity index is 1.83. The van der Waals surface area contributed by atoms with Crippen LogP contribution in [0.5, 0.6) is 5.75 Å². The van der Waals surface area contributed by atoms with Crippen molar-refractivity contribution in [2.45, 2.75) is 19.1 Å². The summed E-state index contributed by atoms with van der Waals surface area (Å²) >= 11 is 0. The fourth-order valence-corrected chi connectivity index (χ4v) is 2.17. The lowest BCUT2D eigenvalue weighted by molar-refractivity contribution is -0.122. The second-order valence-electron chi connectivity index (χ2n) is 4.65. The summed E-state index contributed by atoms with van der Waals surface area (Å²) in [4.78, 5) is 15.8. The third-order valence-electron chi connectivity index (χ3n) is 3.32. The molecule has 1 aromatic rings. The van der Waals surface area contributed by atoms with Crippen LogP contribution in [0.2, 0.25) is 0 Å². The van der Waals surface area contributed by atoms with E-state index in [-0.39, 0.29) is 11.8 Å². The highest BCUT2D eigenvalue weighted by molar-refractivity contribution is 5.76. The van der Waals surface area contributed by atoms with Crippen LogP contribution in [0.1, 0.15) is 12.0 Å². The zero-order valence-electron chi connectivity index (χ0n) is 10.9. The minimum absolute atomic E-state index is 0.000615. The van der Waals surface area contributed by atoms with Crippen molar-refractivity contribution in [3.05, 3.63) is 24.0 Å². The summed E-state index contributed by atoms with van der Waals surface area (Å²) in [5, 5.41) is 15.5. The van der Waals surface area contributed by atoms with Crippen LogP contribution in [-0.4, -0.2) is 42.3 Å². The highest BCUT2D eigenvalue weighted by Crippen LogP contribution is 2.16. The fourth-order valence-electron chi connectivity index (χ4n) is 2.17. The predicted octanol–water partition coefficient (Wildman–Crippen LogP) is -0.323. The summed E-state index contributed by atoms with van der Waals surface area (Å²) < 4.78 is 5.16. The number of β-amino-alcohol motifs (C(OH)–C–C–N with tert-alkyl or cyclic N) is 1. The number of carbonyl (C=O) groups excluding carboxylic acids is 1. The van der Waals surface area contributed by atoms with Gasteiger partial charge in [-0.3, -0.25) is 9.78 Å². The first-order valence-electron chi connectivity index (χ1n) is 6.33. The van der Waals surface area contributed by atoms with E-state index in [0.717, 1.165) is 5.56 Å². The number of aliphatic hydroxyl groups is 1. The van der Waals surface area contributed by atoms with E-state index in [0.29, 0.717) is 31.8 Å². The average molecular weight is 265 g/mol. The Morgan fingerprint density at radius 1 is 1.63 bits per heavy atom. The second kappa shape index (κ2) is 6.49. The summed E-state index contributed by atoms with van der Waals surface area (Å²) in [6.07, 6.45) is 3.18. The molecule has 1 aromatic heterocycles. The van der Waals surface area contributed by atoms with Gasteiger partial charge in [-0.05, 0) is 6.07 Å². The molecular formula is C13H19N3O3. The topological polar surface area (TPSA) is 83.5 Å². The van der Waals surface area contributed by atoms with Gasteiger partial charge >= 0.3 is 0 Å². The zero-order chi connectivity index (χ0) is 13.7. The lowest BCUT2D eigenvalue weighted by Gasteiger charge is -2.13. The molecule has 19 heavy (non-hydrogen) atoms. The Morgan fingerprint density at radius 2 is 2.47 bits per heavy atom. The van der Waals surface area contributed by atoms with Crippen LogP contribution in [0, 0.1) is 5.92 Å². The van der Waals surface area contributed by atoms with Crippen LogP contribution in [-0.2, 0) is 11.3 Å². The number of aromatic nitrogens is 1. The molecule has 0 bridgehead atoms. The first kappa shape index (κ1) is 13.8. The van der Waals surface area contributed by atoms with Crippen molar-refractivity contribution in [3.63, 3.8) is 0 Å². The summed E-state index contributed by atoms with van der Waals surface area (Å²) in [7, 11) is 1.57. The van der Waals surface area contributed by atoms with Gasteiger partial charge in [-0.2, -0.15) is 0 Å². The molecule has 3 N–H and O–H groups in total. The van der Waals surface area contributed by atoms with Crippen molar-refractivity contribution < 1.29 is 14.6 Å². The Bertz CT molecular complexity index is 439. The van der Waals surface area contributed by atoms with Crippen molar-refractivity contribution in [1.29, 1.82) is 0 Å². The number of pyridine rings is 1. The molecule has 0 unspecified atom stereocenters. The maximum absolute atomic E-state index is 11.8. The number of ether oxygens (including phenoxy) is 1. The Hall–Kier alpha value is -1.66. The molecule has 1 aliphatic heterocycles. The molecule has 2 atom stereocenters. The molecule has 6 nitrogen and oxygen atoms in total. The molecule has 1 aliphatic rings. The average Bonchev–Trinajstić information content (AvgIpc) is 2.82. The van der Waals surface area contributed by atoms with Gasteiger partial charge in [0.2, 0.25) is 5.91 Å². The Morgan fingerprint density at radius 3 is 3.16 bits per heavy atom. The Labute approximate surface area is 112 Å². The van der Waals surface area contributed by atoms with Gasteiger partial charge in [0.05, 0.1) is 19.4 Å². The van der Waals surface area contributed by atoms with Crippen molar-refractivity contribution in [1.82, 2.24) is 15.6 Å². The zero-order valence-corrected chi connectivity index (χ0v) is 10.9. The molecule has 2 heterocycles. The first-order valence-corrected chi connectivity index (χ1v) is 6.33. The van der Waals surface area contributed by atoms with Crippen LogP contribution in [0.25, 0.3) is 0 Å². The van der Waals surface area contributed by atoms with E-state index in [9.17, 15) is 9.90 Å². The largest absolute Gasteiger partial charge is 0.495 e. The van der Waals surface area contributed by atoms with Gasteiger partial charge in [0, 0.05) is 43.7 Å². The van der Waals surface area contributed by atoms with Gasteiger partial charge in [0.15, 0.2) is 0 Å². The van der Waals surface area contributed by atoms with E-state index < -0.39 is 6.10 Å². The lowest BCUT2D eigenvalue weighted by atomic mass is 10.0. The molecule has 0 spiro atoms. The first-order chi connectivity index (χ1) is 9.20. The van der Waals surface area contributed by atoms with Gasteiger partial charge in [-0.1, -0.05) is 0 Å². The van der Waals surface area contributed by atoms with E-state index in [1.54, 1.807) is 19.5 Å². The summed E-state index contributed by atoms with van der Waals surface area (Å²) in [6.45, 7) is 1.66. The van der Waals surface area contributed by atoms with Crippen LogP contribution >= 0.6 is 0 Å². The smallest absolute Gasteiger partial charge is 0.220 e. The fraction of sp³-hybridized carbons (Fsp3) is 0.538. The minimum atomic E-state index is -0.429. The van der Waals surface area contributed by atoms with Gasteiger partial charge in [0.25, 0.3) is 0 Å². The molecule has 104 valence electrons. The van der Waals surface area contributed by atoms with Crippen molar-refractivity contribution >= 4 is 5.91 Å². The molecule has 1 fully saturated rings. The van der Waals surface area contributed by atoms with Crippen LogP contribution in [0.3, 0.4) is 0 Å². The number of nitrogens with zero attached hydrogens (tertiary/aromatic N) is 1. The molecule has 0 aromatic carbocycles. The normalized spacial score (nSPS) is 22.2. The van der Waals surface area contributed by atoms with Crippen molar-refractivity contribution in [3.8, 4) is 5.75 Å². The van der Waals surface area contributed by atoms with Crippen molar-refractivity contribution in [2.75, 3.05) is 20.2 Å². The van der Waals surface area contributed by atoms with E-state index in [1.807, 2.05) is 6.07 Å². The van der Waals surface area contributed by atoms with E-state index in [2.05, 4.69) is 15.6 Å². The van der Waals surface area contributed by atoms with Gasteiger partial charge in [-0.15, -0.1) is 0 Å². The number of methoxy groups -OCH3 is 1. The molecule has 6 heteroatoms. The molecule has 0 aliphatic carbocycles. The third kappa shape index (κ3) is 3.65. The molecule has 1 saturated heterocycles. The predicted molar refractivity (Wildman–Crippen MR) is 69.6 cm³/mol. The van der Waals surface area contributed by atoms with E-state index in [4.69, 9.17) is 4.74 Å². The highest BCUT2D eigenvalue weighted by Gasteiger charge is 2.26. The summed E-state index contributed by atoms with van der Waals surface area (Å²) in [5.41, 5.74) is 0.885. The maximum atomic E-state index is 11.8. The third-order valence-corrected chi connectivity index (χ3v) is 3.32. The molecule has 0 radical (unpaired) electrons. The van der Waals surface area contributed by atoms with E-state index in [1.165, 1.54) is 0 Å². The molecule has 2 rings (SSSR count). The van der Waals surface area contributed by atoms with Gasteiger partial charge in [-0.25, -0.2) is 0 Å². The van der Waals surface area contributed by atoms with E-state index >= 15 is 0 Å². The number of aliphatic hydroxyl groups excluding tert-OH is 1. The minimum Gasteiger partial charge on any atom is -0.495 e. The van der Waals surface area contributed by atoms with Gasteiger partial charge in [0.1, 0.15) is 5.75 Å². The lowest BCUT2D eigenvalue weighted by Crippen LogP contribution is -2.29. The number of rotatable bonds is 5. The Kier molecular flexibility index (Phi) is 4.70. The summed E-state index contributed by atoms with van der Waals surface area (Å²) in [6, 6.07) is 1.81. The molecular weight excluding hydrogens is 246 g/mol. The molecule has 1 amide bonds. The second-order valence-corrected chi connectivity index (χ2v) is 4.65. The number of hydrogen-bond acceptors (Lipinski definition) is 5. The quantitative estimate of drug-likeness (QED) is 0.679. The summed E-state index contributed by atoms with van der Waals surface area (Å²) in [5.74, 6) is 0.594. The van der Waals surface area contributed by atoms with Crippen LogP contribution < -0.4 is 15.4 Å². The monoisotopic (exact) mass is 265 g/mol. The number of amides is 1. The highest BCUT2D eigenvalue weighted by atomic mass is 16.5. The number of nitrogens with one attached hydrogen (secondary N) is 2. The standard InChI is InChI=1S/C13H19N3O3/c1-19-12-8-14-3-2-9(12)6-16-13(18)4-10-5-15-7-11(10)17/h2-3,8,10-11,15,17H,4-7H2,1H3,(H,16,18)/t10-,11-/m1/s1. The van der Waals surface area contributed by atoms with Crippen molar-refractivity contribution in [2.24, 2.45) is 5.92 Å².